The molecule has 1 N–H and O–H groups in total. The number of likely N-dealkylation sites (tertiary alicyclic amines) is 1. The Labute approximate surface area is 114 Å². The average Bonchev–Trinajstić information content (AvgIpc) is 2.72. The monoisotopic (exact) mass is 267 g/mol. The van der Waals surface area contributed by atoms with E-state index in [0.717, 1.165) is 19.5 Å². The maximum atomic E-state index is 12.1. The van der Waals surface area contributed by atoms with Gasteiger partial charge in [-0.2, -0.15) is 0 Å². The van der Waals surface area contributed by atoms with Gasteiger partial charge in [-0.3, -0.25) is 4.79 Å². The summed E-state index contributed by atoms with van der Waals surface area (Å²) in [6, 6.07) is -0.324. The topological polar surface area (TPSA) is 64.1 Å². The lowest BCUT2D eigenvalue weighted by molar-refractivity contribution is -0.137. The van der Waals surface area contributed by atoms with Crippen molar-refractivity contribution >= 4 is 12.0 Å². The smallest absolute Gasteiger partial charge is 0.323 e. The van der Waals surface area contributed by atoms with Crippen LogP contribution >= 0.6 is 0 Å². The number of terminal acetylenes is 1. The Bertz CT molecular complexity index is 378. The van der Waals surface area contributed by atoms with Crippen molar-refractivity contribution in [3.8, 4) is 12.3 Å². The van der Waals surface area contributed by atoms with Crippen LogP contribution in [0.25, 0.3) is 0 Å². The Morgan fingerprint density at radius 3 is 2.68 bits per heavy atom. The summed E-state index contributed by atoms with van der Waals surface area (Å²) in [4.78, 5) is 27.8. The van der Waals surface area contributed by atoms with Crippen LogP contribution in [0.3, 0.4) is 0 Å². The Morgan fingerprint density at radius 2 is 2.21 bits per heavy atom. The number of aliphatic carboxylic acids is 1. The fraction of sp³-hybridized carbons (Fsp3) is 0.692. The highest BCUT2D eigenvalue weighted by Crippen LogP contribution is 2.15. The van der Waals surface area contributed by atoms with Crippen molar-refractivity contribution < 1.29 is 14.7 Å². The molecule has 19 heavy (non-hydrogen) atoms. The number of hydrogen-bond acceptors (Lipinski definition) is 3. The molecule has 1 unspecified atom stereocenters. The number of hydrogen-bond donors (Lipinski definition) is 1. The normalized spacial score (nSPS) is 18.9. The lowest BCUT2D eigenvalue weighted by Gasteiger charge is -2.27. The molecule has 0 spiro atoms. The van der Waals surface area contributed by atoms with E-state index in [1.54, 1.807) is 11.9 Å². The predicted octanol–water partition coefficient (Wildman–Crippen LogP) is 0.00970. The number of carbonyl (C=O) groups excluding carboxylic acids is 1. The lowest BCUT2D eigenvalue weighted by Crippen LogP contribution is -2.45. The molecule has 1 rings (SSSR count). The van der Waals surface area contributed by atoms with Gasteiger partial charge in [0.1, 0.15) is 6.54 Å². The standard InChI is InChI=1S/C13H21N3O3/c1-4-6-16(10-12(17)18)13(19)15(3)9-11-5-7-14(2)8-11/h1,11H,5-10H2,2-3H3,(H,17,18). The van der Waals surface area contributed by atoms with Crippen LogP contribution in [0.15, 0.2) is 0 Å². The van der Waals surface area contributed by atoms with E-state index in [1.165, 1.54) is 4.90 Å². The van der Waals surface area contributed by atoms with Crippen molar-refractivity contribution in [2.24, 2.45) is 5.92 Å². The van der Waals surface area contributed by atoms with Crippen LogP contribution in [0.5, 0.6) is 0 Å². The molecule has 1 saturated heterocycles. The SMILES string of the molecule is C#CCN(CC(=O)O)C(=O)N(C)CC1CCN(C)C1. The second kappa shape index (κ2) is 7.00. The molecule has 0 aromatic heterocycles. The van der Waals surface area contributed by atoms with Crippen molar-refractivity contribution in [1.29, 1.82) is 0 Å². The Kier molecular flexibility index (Phi) is 5.64. The summed E-state index contributed by atoms with van der Waals surface area (Å²) < 4.78 is 0. The van der Waals surface area contributed by atoms with E-state index in [-0.39, 0.29) is 19.1 Å². The number of urea groups is 1. The first kappa shape index (κ1) is 15.3. The summed E-state index contributed by atoms with van der Waals surface area (Å²) in [7, 11) is 3.74. The molecule has 0 saturated carbocycles. The van der Waals surface area contributed by atoms with E-state index in [9.17, 15) is 9.59 Å². The maximum Gasteiger partial charge on any atom is 0.323 e. The molecule has 0 bridgehead atoms. The Morgan fingerprint density at radius 1 is 1.53 bits per heavy atom. The summed E-state index contributed by atoms with van der Waals surface area (Å²) >= 11 is 0. The average molecular weight is 267 g/mol. The van der Waals surface area contributed by atoms with Gasteiger partial charge in [-0.15, -0.1) is 6.42 Å². The van der Waals surface area contributed by atoms with E-state index in [1.807, 2.05) is 0 Å². The molecule has 0 aromatic carbocycles. The van der Waals surface area contributed by atoms with Crippen LogP contribution in [-0.4, -0.2) is 78.6 Å². The number of carboxylic acid groups (broad SMARTS) is 1. The second-order valence-electron chi connectivity index (χ2n) is 5.03. The Hall–Kier alpha value is -1.74. The third kappa shape index (κ3) is 4.79. The van der Waals surface area contributed by atoms with E-state index >= 15 is 0 Å². The van der Waals surface area contributed by atoms with Crippen LogP contribution in [0.1, 0.15) is 6.42 Å². The van der Waals surface area contributed by atoms with Gasteiger partial charge in [0.25, 0.3) is 0 Å². The van der Waals surface area contributed by atoms with Crippen molar-refractivity contribution in [3.63, 3.8) is 0 Å². The zero-order chi connectivity index (χ0) is 14.4. The molecule has 0 aliphatic carbocycles. The van der Waals surface area contributed by atoms with Crippen LogP contribution < -0.4 is 0 Å². The van der Waals surface area contributed by atoms with Crippen molar-refractivity contribution in [2.45, 2.75) is 6.42 Å². The number of carbonyl (C=O) groups is 2. The molecule has 1 heterocycles. The third-order valence-corrected chi connectivity index (χ3v) is 3.23. The van der Waals surface area contributed by atoms with E-state index < -0.39 is 5.97 Å². The van der Waals surface area contributed by atoms with Crippen molar-refractivity contribution in [2.75, 3.05) is 46.8 Å². The highest BCUT2D eigenvalue weighted by Gasteiger charge is 2.25. The molecular formula is C13H21N3O3. The van der Waals surface area contributed by atoms with Crippen LogP contribution in [0, 0.1) is 18.3 Å². The minimum absolute atomic E-state index is 0.0139. The van der Waals surface area contributed by atoms with E-state index in [4.69, 9.17) is 11.5 Å². The summed E-state index contributed by atoms with van der Waals surface area (Å²) in [5, 5.41) is 8.77. The highest BCUT2D eigenvalue weighted by atomic mass is 16.4. The molecule has 1 fully saturated rings. The molecule has 106 valence electrons. The number of nitrogens with zero attached hydrogens (tertiary/aromatic N) is 3. The van der Waals surface area contributed by atoms with Crippen LogP contribution in [0.4, 0.5) is 4.79 Å². The minimum Gasteiger partial charge on any atom is -0.480 e. The van der Waals surface area contributed by atoms with E-state index in [2.05, 4.69) is 17.9 Å². The van der Waals surface area contributed by atoms with Crippen molar-refractivity contribution in [1.82, 2.24) is 14.7 Å². The molecule has 0 aromatic rings. The first-order chi connectivity index (χ1) is 8.93. The molecule has 1 aliphatic rings. The molecule has 1 aliphatic heterocycles. The van der Waals surface area contributed by atoms with Crippen molar-refractivity contribution in [3.05, 3.63) is 0 Å². The van der Waals surface area contributed by atoms with Gasteiger partial charge in [-0.1, -0.05) is 5.92 Å². The summed E-state index contributed by atoms with van der Waals surface area (Å²) in [5.74, 6) is 1.70. The fourth-order valence-electron chi connectivity index (χ4n) is 2.35. The third-order valence-electron chi connectivity index (χ3n) is 3.23. The summed E-state index contributed by atoms with van der Waals surface area (Å²) in [6.07, 6.45) is 6.22. The zero-order valence-corrected chi connectivity index (χ0v) is 11.5. The van der Waals surface area contributed by atoms with Gasteiger partial charge in [0, 0.05) is 20.1 Å². The first-order valence-corrected chi connectivity index (χ1v) is 6.28. The van der Waals surface area contributed by atoms with Gasteiger partial charge in [0.15, 0.2) is 0 Å². The molecule has 1 atom stereocenters. The van der Waals surface area contributed by atoms with Gasteiger partial charge < -0.3 is 19.8 Å². The Balaban J connectivity index is 2.53. The number of amides is 2. The van der Waals surface area contributed by atoms with Gasteiger partial charge in [0.05, 0.1) is 6.54 Å². The molecule has 2 amide bonds. The maximum absolute atomic E-state index is 12.1. The van der Waals surface area contributed by atoms with E-state index in [0.29, 0.717) is 12.5 Å². The summed E-state index contributed by atoms with van der Waals surface area (Å²) in [5.41, 5.74) is 0. The van der Waals surface area contributed by atoms with Gasteiger partial charge in [0.2, 0.25) is 0 Å². The fourth-order valence-corrected chi connectivity index (χ4v) is 2.35. The first-order valence-electron chi connectivity index (χ1n) is 6.28. The summed E-state index contributed by atoms with van der Waals surface area (Å²) in [6.45, 7) is 2.28. The van der Waals surface area contributed by atoms with Crippen LogP contribution in [0.2, 0.25) is 0 Å². The minimum atomic E-state index is -1.06. The quantitative estimate of drug-likeness (QED) is 0.713. The molecule has 6 heteroatoms. The molecule has 0 radical (unpaired) electrons. The lowest BCUT2D eigenvalue weighted by atomic mass is 10.1. The highest BCUT2D eigenvalue weighted by molar-refractivity contribution is 5.80. The zero-order valence-electron chi connectivity index (χ0n) is 11.5. The van der Waals surface area contributed by atoms with Gasteiger partial charge in [-0.05, 0) is 25.9 Å². The van der Waals surface area contributed by atoms with Gasteiger partial charge in [-0.25, -0.2) is 4.79 Å². The predicted molar refractivity (Wildman–Crippen MR) is 71.7 cm³/mol. The number of carboxylic acids is 1. The van der Waals surface area contributed by atoms with Gasteiger partial charge >= 0.3 is 12.0 Å². The molecule has 6 nitrogen and oxygen atoms in total. The largest absolute Gasteiger partial charge is 0.480 e. The number of rotatable bonds is 5. The van der Waals surface area contributed by atoms with Crippen LogP contribution in [-0.2, 0) is 4.79 Å². The molecular weight excluding hydrogens is 246 g/mol. The second-order valence-corrected chi connectivity index (χ2v) is 5.03.